The van der Waals surface area contributed by atoms with Crippen LogP contribution in [0.25, 0.3) is 5.76 Å². The van der Waals surface area contributed by atoms with Crippen molar-refractivity contribution in [2.45, 2.75) is 32.9 Å². The molecule has 180 valence electrons. The lowest BCUT2D eigenvalue weighted by Crippen LogP contribution is -2.29. The predicted octanol–water partition coefficient (Wildman–Crippen LogP) is 5.28. The summed E-state index contributed by atoms with van der Waals surface area (Å²) in [5.74, 6) is -0.212. The molecule has 6 heteroatoms. The lowest BCUT2D eigenvalue weighted by Gasteiger charge is -2.26. The molecule has 0 aromatic heterocycles. The number of methoxy groups -OCH3 is 1. The second kappa shape index (κ2) is 10.5. The Morgan fingerprint density at radius 2 is 1.60 bits per heavy atom. The van der Waals surface area contributed by atoms with Gasteiger partial charge in [0.1, 0.15) is 17.3 Å². The Balaban J connectivity index is 1.82. The van der Waals surface area contributed by atoms with Crippen LogP contribution in [0, 0.1) is 0 Å². The highest BCUT2D eigenvalue weighted by Crippen LogP contribution is 2.41. The lowest BCUT2D eigenvalue weighted by molar-refractivity contribution is -0.140. The maximum atomic E-state index is 13.3. The summed E-state index contributed by atoms with van der Waals surface area (Å²) in [6, 6.07) is 21.3. The summed E-state index contributed by atoms with van der Waals surface area (Å²) in [6.45, 7) is 4.62. The third-order valence-electron chi connectivity index (χ3n) is 6.17. The zero-order chi connectivity index (χ0) is 24.9. The first-order valence-corrected chi connectivity index (χ1v) is 11.7. The molecular formula is C29H29NO5. The van der Waals surface area contributed by atoms with Gasteiger partial charge < -0.3 is 19.5 Å². The molecule has 1 aliphatic rings. The lowest BCUT2D eigenvalue weighted by atomic mass is 9.94. The Hall–Kier alpha value is -4.06. The van der Waals surface area contributed by atoms with Crippen LogP contribution in [-0.4, -0.2) is 35.4 Å². The van der Waals surface area contributed by atoms with Gasteiger partial charge in [0.25, 0.3) is 11.7 Å². The number of ether oxygens (including phenoxy) is 2. The Labute approximate surface area is 205 Å². The summed E-state index contributed by atoms with van der Waals surface area (Å²) >= 11 is 0. The van der Waals surface area contributed by atoms with E-state index in [9.17, 15) is 14.7 Å². The van der Waals surface area contributed by atoms with Crippen molar-refractivity contribution >= 4 is 17.4 Å². The quantitative estimate of drug-likeness (QED) is 0.275. The zero-order valence-electron chi connectivity index (χ0n) is 20.2. The van der Waals surface area contributed by atoms with Crippen LogP contribution in [-0.2, 0) is 22.6 Å². The number of hydrogen-bond donors (Lipinski definition) is 1. The Kier molecular flexibility index (Phi) is 7.20. The molecular weight excluding hydrogens is 442 g/mol. The number of aryl methyl sites for hydroxylation is 1. The Morgan fingerprint density at radius 3 is 2.23 bits per heavy atom. The van der Waals surface area contributed by atoms with Crippen LogP contribution in [0.3, 0.4) is 0 Å². The molecule has 0 bridgehead atoms. The first-order valence-electron chi connectivity index (χ1n) is 11.7. The minimum Gasteiger partial charge on any atom is -0.507 e. The van der Waals surface area contributed by atoms with Crippen LogP contribution in [0.1, 0.15) is 42.1 Å². The van der Waals surface area contributed by atoms with E-state index in [-0.39, 0.29) is 17.9 Å². The van der Waals surface area contributed by atoms with E-state index in [1.54, 1.807) is 19.2 Å². The molecule has 4 rings (SSSR count). The molecule has 6 nitrogen and oxygen atoms in total. The number of carbonyl (C=O) groups is 2. The molecule has 0 aliphatic carbocycles. The molecule has 0 spiro atoms. The fourth-order valence-electron chi connectivity index (χ4n) is 4.31. The zero-order valence-corrected chi connectivity index (χ0v) is 20.2. The van der Waals surface area contributed by atoms with Gasteiger partial charge in [0, 0.05) is 12.1 Å². The van der Waals surface area contributed by atoms with Crippen LogP contribution >= 0.6 is 0 Å². The van der Waals surface area contributed by atoms with E-state index in [4.69, 9.17) is 9.47 Å². The molecule has 3 aromatic carbocycles. The number of Topliss-reactive ketones (excluding diaryl/α,β-unsaturated/α-hetero) is 1. The van der Waals surface area contributed by atoms with Crippen LogP contribution in [0.4, 0.5) is 0 Å². The van der Waals surface area contributed by atoms with E-state index in [0.29, 0.717) is 29.2 Å². The number of benzene rings is 3. The van der Waals surface area contributed by atoms with Crippen molar-refractivity contribution < 1.29 is 24.2 Å². The molecule has 1 aliphatic heterocycles. The van der Waals surface area contributed by atoms with Gasteiger partial charge in [-0.05, 0) is 54.3 Å². The molecule has 1 fully saturated rings. The van der Waals surface area contributed by atoms with E-state index in [1.165, 1.54) is 4.90 Å². The van der Waals surface area contributed by atoms with Crippen molar-refractivity contribution in [2.24, 2.45) is 0 Å². The van der Waals surface area contributed by atoms with Gasteiger partial charge in [0.15, 0.2) is 0 Å². The van der Waals surface area contributed by atoms with Crippen LogP contribution in [0.5, 0.6) is 11.5 Å². The maximum absolute atomic E-state index is 13.3. The van der Waals surface area contributed by atoms with E-state index in [1.807, 2.05) is 74.5 Å². The molecule has 1 N–H and O–H groups in total. The highest BCUT2D eigenvalue weighted by molar-refractivity contribution is 6.46. The average Bonchev–Trinajstić information content (AvgIpc) is 3.14. The van der Waals surface area contributed by atoms with E-state index in [2.05, 4.69) is 0 Å². The maximum Gasteiger partial charge on any atom is 0.295 e. The van der Waals surface area contributed by atoms with Crippen molar-refractivity contribution in [3.63, 3.8) is 0 Å². The van der Waals surface area contributed by atoms with Gasteiger partial charge in [0.2, 0.25) is 0 Å². The Bertz CT molecular complexity index is 1240. The summed E-state index contributed by atoms with van der Waals surface area (Å²) in [5, 5.41) is 11.3. The van der Waals surface area contributed by atoms with Gasteiger partial charge in [-0.2, -0.15) is 0 Å². The SMILES string of the molecule is CCOc1cccc(C2/C(=C(/O)c3ccc(CC)cc3)C(=O)C(=O)N2Cc2ccc(OC)cc2)c1. The van der Waals surface area contributed by atoms with Crippen molar-refractivity contribution in [1.29, 1.82) is 0 Å². The number of carbonyl (C=O) groups excluding carboxylic acids is 2. The van der Waals surface area contributed by atoms with Gasteiger partial charge in [-0.25, -0.2) is 0 Å². The van der Waals surface area contributed by atoms with E-state index in [0.717, 1.165) is 17.5 Å². The predicted molar refractivity (Wildman–Crippen MR) is 134 cm³/mol. The monoisotopic (exact) mass is 471 g/mol. The standard InChI is InChI=1S/C29H29NO5/c1-4-19-9-13-21(14-10-19)27(31)25-26(22-7-6-8-24(17-22)35-5-2)30(29(33)28(25)32)18-20-11-15-23(34-3)16-12-20/h6-17,26,31H,4-5,18H2,1-3H3/b27-25-. The second-order valence-corrected chi connectivity index (χ2v) is 8.33. The van der Waals surface area contributed by atoms with Crippen molar-refractivity contribution in [3.8, 4) is 11.5 Å². The highest BCUT2D eigenvalue weighted by atomic mass is 16.5. The molecule has 1 saturated heterocycles. The third-order valence-corrected chi connectivity index (χ3v) is 6.17. The largest absolute Gasteiger partial charge is 0.507 e. The molecule has 1 heterocycles. The van der Waals surface area contributed by atoms with Crippen LogP contribution in [0.2, 0.25) is 0 Å². The first-order chi connectivity index (χ1) is 17.0. The number of aliphatic hydroxyl groups excluding tert-OH is 1. The normalized spacial score (nSPS) is 17.0. The average molecular weight is 472 g/mol. The van der Waals surface area contributed by atoms with Crippen molar-refractivity contribution in [1.82, 2.24) is 4.90 Å². The number of hydrogen-bond acceptors (Lipinski definition) is 5. The van der Waals surface area contributed by atoms with E-state index >= 15 is 0 Å². The van der Waals surface area contributed by atoms with Crippen molar-refractivity contribution in [2.75, 3.05) is 13.7 Å². The number of aliphatic hydroxyl groups is 1. The van der Waals surface area contributed by atoms with Gasteiger partial charge >= 0.3 is 0 Å². The molecule has 0 saturated carbocycles. The minimum absolute atomic E-state index is 0.0707. The molecule has 1 atom stereocenters. The summed E-state index contributed by atoms with van der Waals surface area (Å²) < 4.78 is 10.9. The van der Waals surface area contributed by atoms with Gasteiger partial charge in [0.05, 0.1) is 25.3 Å². The minimum atomic E-state index is -0.761. The molecule has 0 radical (unpaired) electrons. The summed E-state index contributed by atoms with van der Waals surface area (Å²) in [7, 11) is 1.59. The first kappa shape index (κ1) is 24.1. The van der Waals surface area contributed by atoms with Crippen LogP contribution < -0.4 is 9.47 Å². The fraction of sp³-hybridized carbons (Fsp3) is 0.241. The highest BCUT2D eigenvalue weighted by Gasteiger charge is 2.46. The third kappa shape index (κ3) is 4.92. The van der Waals surface area contributed by atoms with E-state index < -0.39 is 17.7 Å². The number of likely N-dealkylation sites (tertiary alicyclic amines) is 1. The van der Waals surface area contributed by atoms with Crippen molar-refractivity contribution in [3.05, 3.63) is 101 Å². The molecule has 35 heavy (non-hydrogen) atoms. The van der Waals surface area contributed by atoms with Gasteiger partial charge in [-0.3, -0.25) is 9.59 Å². The topological polar surface area (TPSA) is 76.1 Å². The fourth-order valence-corrected chi connectivity index (χ4v) is 4.31. The number of nitrogens with zero attached hydrogens (tertiary/aromatic N) is 1. The smallest absolute Gasteiger partial charge is 0.295 e. The van der Waals surface area contributed by atoms with Gasteiger partial charge in [-0.1, -0.05) is 55.5 Å². The molecule has 1 unspecified atom stereocenters. The molecule has 1 amide bonds. The second-order valence-electron chi connectivity index (χ2n) is 8.33. The summed E-state index contributed by atoms with van der Waals surface area (Å²) in [6.07, 6.45) is 0.859. The number of amides is 1. The van der Waals surface area contributed by atoms with Gasteiger partial charge in [-0.15, -0.1) is 0 Å². The van der Waals surface area contributed by atoms with Crippen LogP contribution in [0.15, 0.2) is 78.4 Å². The summed E-state index contributed by atoms with van der Waals surface area (Å²) in [4.78, 5) is 28.0. The Morgan fingerprint density at radius 1 is 0.914 bits per heavy atom. The number of ketones is 1. The molecule has 3 aromatic rings. The summed E-state index contributed by atoms with van der Waals surface area (Å²) in [5.41, 5.74) is 3.21. The number of rotatable bonds is 8.